The molecule has 0 N–H and O–H groups in total. The highest BCUT2D eigenvalue weighted by atomic mass is 16.5. The van der Waals surface area contributed by atoms with Crippen LogP contribution in [0.1, 0.15) is 42.8 Å². The molecule has 1 aromatic carbocycles. The summed E-state index contributed by atoms with van der Waals surface area (Å²) in [6.07, 6.45) is 8.31. The maximum Gasteiger partial charge on any atom is 0.235 e. The van der Waals surface area contributed by atoms with E-state index in [2.05, 4.69) is 16.0 Å². The van der Waals surface area contributed by atoms with Gasteiger partial charge in [0.2, 0.25) is 17.5 Å². The molecule has 0 atom stereocenters. The van der Waals surface area contributed by atoms with E-state index in [-0.39, 0.29) is 0 Å². The average Bonchev–Trinajstić information content (AvgIpc) is 2.90. The van der Waals surface area contributed by atoms with Crippen molar-refractivity contribution in [3.8, 4) is 17.6 Å². The van der Waals surface area contributed by atoms with Gasteiger partial charge in [0.05, 0.1) is 14.2 Å². The number of oxazole rings is 1. The first-order valence-corrected chi connectivity index (χ1v) is 8.81. The van der Waals surface area contributed by atoms with Gasteiger partial charge < -0.3 is 18.8 Å². The summed E-state index contributed by atoms with van der Waals surface area (Å²) >= 11 is 0. The molecule has 1 aromatic heterocycles. The summed E-state index contributed by atoms with van der Waals surface area (Å²) in [6, 6.07) is 7.79. The molecule has 1 fully saturated rings. The second-order valence-corrected chi connectivity index (χ2v) is 6.17. The molecular weight excluding hydrogens is 330 g/mol. The van der Waals surface area contributed by atoms with Gasteiger partial charge in [-0.3, -0.25) is 0 Å². The first-order valence-electron chi connectivity index (χ1n) is 8.81. The van der Waals surface area contributed by atoms with Crippen LogP contribution < -0.4 is 14.4 Å². The Bertz CT molecular complexity index is 812. The Kier molecular flexibility index (Phi) is 5.80. The normalized spacial score (nSPS) is 14.9. The van der Waals surface area contributed by atoms with Crippen molar-refractivity contribution in [2.24, 2.45) is 0 Å². The molecule has 0 spiro atoms. The molecule has 0 amide bonds. The number of nitriles is 1. The largest absolute Gasteiger partial charge is 0.493 e. The van der Waals surface area contributed by atoms with Crippen LogP contribution in [0, 0.1) is 11.3 Å². The van der Waals surface area contributed by atoms with Gasteiger partial charge >= 0.3 is 0 Å². The number of hydrogen-bond donors (Lipinski definition) is 0. The second-order valence-electron chi connectivity index (χ2n) is 6.17. The van der Waals surface area contributed by atoms with E-state index in [1.165, 1.54) is 12.8 Å². The molecule has 1 saturated heterocycles. The third-order valence-corrected chi connectivity index (χ3v) is 4.45. The van der Waals surface area contributed by atoms with E-state index >= 15 is 0 Å². The third kappa shape index (κ3) is 3.99. The molecule has 136 valence electrons. The topological polar surface area (TPSA) is 71.5 Å². The molecule has 2 aromatic rings. The van der Waals surface area contributed by atoms with Gasteiger partial charge in [0.15, 0.2) is 11.5 Å². The average molecular weight is 353 g/mol. The summed E-state index contributed by atoms with van der Waals surface area (Å²) in [7, 11) is 3.21. The Morgan fingerprint density at radius 1 is 1.08 bits per heavy atom. The zero-order valence-corrected chi connectivity index (χ0v) is 15.2. The lowest BCUT2D eigenvalue weighted by Crippen LogP contribution is -2.24. The van der Waals surface area contributed by atoms with Crippen molar-refractivity contribution in [1.29, 1.82) is 5.26 Å². The molecule has 6 heteroatoms. The van der Waals surface area contributed by atoms with Gasteiger partial charge in [-0.25, -0.2) is 0 Å². The highest BCUT2D eigenvalue weighted by Gasteiger charge is 2.19. The van der Waals surface area contributed by atoms with E-state index in [0.717, 1.165) is 31.5 Å². The van der Waals surface area contributed by atoms with Gasteiger partial charge in [-0.15, -0.1) is 0 Å². The van der Waals surface area contributed by atoms with Crippen LogP contribution in [-0.2, 0) is 0 Å². The number of ether oxygens (including phenoxy) is 2. The van der Waals surface area contributed by atoms with Crippen LogP contribution in [0.25, 0.3) is 12.2 Å². The lowest BCUT2D eigenvalue weighted by molar-refractivity contribution is 0.355. The monoisotopic (exact) mass is 353 g/mol. The minimum absolute atomic E-state index is 0.346. The van der Waals surface area contributed by atoms with Crippen LogP contribution in [-0.4, -0.2) is 32.3 Å². The van der Waals surface area contributed by atoms with E-state index in [0.29, 0.717) is 29.0 Å². The first kappa shape index (κ1) is 17.9. The minimum atomic E-state index is 0.346. The van der Waals surface area contributed by atoms with E-state index in [9.17, 15) is 5.26 Å². The van der Waals surface area contributed by atoms with Gasteiger partial charge in [0, 0.05) is 19.2 Å². The minimum Gasteiger partial charge on any atom is -0.493 e. The lowest BCUT2D eigenvalue weighted by atomic mass is 10.2. The summed E-state index contributed by atoms with van der Waals surface area (Å²) in [6.45, 7) is 1.81. The van der Waals surface area contributed by atoms with Crippen molar-refractivity contribution in [3.05, 3.63) is 35.3 Å². The molecule has 0 aliphatic carbocycles. The van der Waals surface area contributed by atoms with Crippen molar-refractivity contribution >= 4 is 18.0 Å². The van der Waals surface area contributed by atoms with E-state index in [4.69, 9.17) is 13.9 Å². The van der Waals surface area contributed by atoms with E-state index in [1.54, 1.807) is 20.3 Å². The summed E-state index contributed by atoms with van der Waals surface area (Å²) < 4.78 is 16.4. The lowest BCUT2D eigenvalue weighted by Gasteiger charge is -2.18. The molecule has 1 aliphatic heterocycles. The standard InChI is InChI=1S/C20H23N3O3/c1-24-17-9-7-15(13-18(17)25-2)8-10-19-22-16(14-21)20(26-19)23-11-5-3-4-6-12-23/h7-10,13H,3-6,11-12H2,1-2H3/b10-8+. The molecule has 1 aliphatic rings. The summed E-state index contributed by atoms with van der Waals surface area (Å²) in [5, 5.41) is 9.39. The zero-order chi connectivity index (χ0) is 18.4. The fourth-order valence-electron chi connectivity index (χ4n) is 3.08. The first-order chi connectivity index (χ1) is 12.7. The number of anilines is 1. The third-order valence-electron chi connectivity index (χ3n) is 4.45. The SMILES string of the molecule is COc1ccc(/C=C/c2nc(C#N)c(N3CCCCCC3)o2)cc1OC. The van der Waals surface area contributed by atoms with E-state index in [1.807, 2.05) is 24.3 Å². The van der Waals surface area contributed by atoms with Crippen LogP contribution in [0.4, 0.5) is 5.88 Å². The predicted molar refractivity (Wildman–Crippen MR) is 100 cm³/mol. The quantitative estimate of drug-likeness (QED) is 0.805. The van der Waals surface area contributed by atoms with Crippen molar-refractivity contribution in [1.82, 2.24) is 4.98 Å². The molecule has 0 radical (unpaired) electrons. The Morgan fingerprint density at radius 2 is 1.81 bits per heavy atom. The molecule has 2 heterocycles. The van der Waals surface area contributed by atoms with Crippen LogP contribution in [0.5, 0.6) is 11.5 Å². The van der Waals surface area contributed by atoms with Gasteiger partial charge in [-0.05, 0) is 36.6 Å². The zero-order valence-electron chi connectivity index (χ0n) is 15.2. The molecule has 0 unspecified atom stereocenters. The van der Waals surface area contributed by atoms with Crippen LogP contribution in [0.15, 0.2) is 22.6 Å². The Labute approximate surface area is 153 Å². The highest BCUT2D eigenvalue weighted by Crippen LogP contribution is 2.29. The Morgan fingerprint density at radius 3 is 2.46 bits per heavy atom. The predicted octanol–water partition coefficient (Wildman–Crippen LogP) is 4.11. The maximum absolute atomic E-state index is 9.39. The van der Waals surface area contributed by atoms with Gasteiger partial charge in [-0.1, -0.05) is 18.9 Å². The van der Waals surface area contributed by atoms with Gasteiger partial charge in [0.25, 0.3) is 0 Å². The molecule has 26 heavy (non-hydrogen) atoms. The molecule has 0 saturated carbocycles. The van der Waals surface area contributed by atoms with Crippen LogP contribution in [0.2, 0.25) is 0 Å². The van der Waals surface area contributed by atoms with E-state index < -0.39 is 0 Å². The molecule has 3 rings (SSSR count). The maximum atomic E-state index is 9.39. The summed E-state index contributed by atoms with van der Waals surface area (Å²) in [5.74, 6) is 2.35. The number of benzene rings is 1. The second kappa shape index (κ2) is 8.43. The highest BCUT2D eigenvalue weighted by molar-refractivity contribution is 5.69. The fourth-order valence-corrected chi connectivity index (χ4v) is 3.08. The number of nitrogens with zero attached hydrogens (tertiary/aromatic N) is 3. The number of rotatable bonds is 5. The Hall–Kier alpha value is -2.94. The fraction of sp³-hybridized carbons (Fsp3) is 0.400. The van der Waals surface area contributed by atoms with Crippen molar-refractivity contribution in [3.63, 3.8) is 0 Å². The van der Waals surface area contributed by atoms with Gasteiger partial charge in [-0.2, -0.15) is 10.2 Å². The van der Waals surface area contributed by atoms with Crippen molar-refractivity contribution in [2.45, 2.75) is 25.7 Å². The van der Waals surface area contributed by atoms with Crippen molar-refractivity contribution in [2.75, 3.05) is 32.2 Å². The Balaban J connectivity index is 1.82. The van der Waals surface area contributed by atoms with Crippen LogP contribution >= 0.6 is 0 Å². The smallest absolute Gasteiger partial charge is 0.235 e. The summed E-state index contributed by atoms with van der Waals surface area (Å²) in [4.78, 5) is 6.44. The number of methoxy groups -OCH3 is 2. The molecular formula is C20H23N3O3. The number of aromatic nitrogens is 1. The van der Waals surface area contributed by atoms with Gasteiger partial charge in [0.1, 0.15) is 6.07 Å². The number of hydrogen-bond acceptors (Lipinski definition) is 6. The molecule has 0 bridgehead atoms. The van der Waals surface area contributed by atoms with Crippen LogP contribution in [0.3, 0.4) is 0 Å². The summed E-state index contributed by atoms with van der Waals surface area (Å²) in [5.41, 5.74) is 1.27. The van der Waals surface area contributed by atoms with Crippen molar-refractivity contribution < 1.29 is 13.9 Å². The molecule has 6 nitrogen and oxygen atoms in total.